The summed E-state index contributed by atoms with van der Waals surface area (Å²) in [5.74, 6) is 0.105. The van der Waals surface area contributed by atoms with E-state index in [-0.39, 0.29) is 35.9 Å². The third-order valence-electron chi connectivity index (χ3n) is 4.45. The first kappa shape index (κ1) is 15.3. The standard InChI is InChI=1S/C15H26N2O3/c1-5-11-14(18)16-13(9(2)3)15(19)17(11)10(4)12-7-6-8-20-12/h9-13H,5-8H2,1-4H3,(H,16,18). The van der Waals surface area contributed by atoms with Gasteiger partial charge in [0.1, 0.15) is 12.1 Å². The zero-order chi connectivity index (χ0) is 14.9. The van der Waals surface area contributed by atoms with Crippen LogP contribution in [0.25, 0.3) is 0 Å². The Labute approximate surface area is 121 Å². The van der Waals surface area contributed by atoms with E-state index in [0.29, 0.717) is 6.42 Å². The molecule has 5 nitrogen and oxygen atoms in total. The molecule has 0 aromatic heterocycles. The summed E-state index contributed by atoms with van der Waals surface area (Å²) in [6, 6.07) is -0.812. The SMILES string of the molecule is CCC1C(=O)NC(C(C)C)C(=O)N1C(C)C1CCCO1. The van der Waals surface area contributed by atoms with Crippen molar-refractivity contribution in [3.8, 4) is 0 Å². The molecule has 0 radical (unpaired) electrons. The molecule has 2 fully saturated rings. The zero-order valence-electron chi connectivity index (χ0n) is 12.9. The van der Waals surface area contributed by atoms with E-state index >= 15 is 0 Å². The van der Waals surface area contributed by atoms with Crippen LogP contribution in [0, 0.1) is 5.92 Å². The fraction of sp³-hybridized carbons (Fsp3) is 0.867. The normalized spacial score (nSPS) is 32.6. The van der Waals surface area contributed by atoms with E-state index in [1.165, 1.54) is 0 Å². The third-order valence-corrected chi connectivity index (χ3v) is 4.45. The van der Waals surface area contributed by atoms with Gasteiger partial charge in [-0.25, -0.2) is 0 Å². The van der Waals surface area contributed by atoms with Crippen LogP contribution in [-0.4, -0.2) is 47.6 Å². The number of piperazine rings is 1. The van der Waals surface area contributed by atoms with Gasteiger partial charge in [-0.1, -0.05) is 20.8 Å². The maximum absolute atomic E-state index is 12.7. The number of hydrogen-bond donors (Lipinski definition) is 1. The van der Waals surface area contributed by atoms with Crippen molar-refractivity contribution in [3.63, 3.8) is 0 Å². The number of nitrogens with zero attached hydrogens (tertiary/aromatic N) is 1. The lowest BCUT2D eigenvalue weighted by atomic mass is 9.94. The fourth-order valence-electron chi connectivity index (χ4n) is 3.23. The van der Waals surface area contributed by atoms with Gasteiger partial charge in [-0.15, -0.1) is 0 Å². The van der Waals surface area contributed by atoms with Gasteiger partial charge in [0.05, 0.1) is 12.1 Å². The second kappa shape index (κ2) is 6.12. The summed E-state index contributed by atoms with van der Waals surface area (Å²) >= 11 is 0. The molecule has 2 aliphatic heterocycles. The second-order valence-corrected chi connectivity index (χ2v) is 6.19. The summed E-state index contributed by atoms with van der Waals surface area (Å²) in [6.07, 6.45) is 2.70. The topological polar surface area (TPSA) is 58.6 Å². The van der Waals surface area contributed by atoms with E-state index in [1.807, 2.05) is 27.7 Å². The third kappa shape index (κ3) is 2.68. The predicted molar refractivity (Wildman–Crippen MR) is 76.1 cm³/mol. The average molecular weight is 282 g/mol. The van der Waals surface area contributed by atoms with E-state index in [2.05, 4.69) is 5.32 Å². The van der Waals surface area contributed by atoms with Crippen LogP contribution in [0.5, 0.6) is 0 Å². The summed E-state index contributed by atoms with van der Waals surface area (Å²) in [5, 5.41) is 2.87. The van der Waals surface area contributed by atoms with Gasteiger partial charge in [0.25, 0.3) is 0 Å². The Kier molecular flexibility index (Phi) is 4.68. The second-order valence-electron chi connectivity index (χ2n) is 6.19. The van der Waals surface area contributed by atoms with Gasteiger partial charge in [0.15, 0.2) is 0 Å². The summed E-state index contributed by atoms with van der Waals surface area (Å²) < 4.78 is 5.71. The van der Waals surface area contributed by atoms with Gasteiger partial charge in [-0.2, -0.15) is 0 Å². The highest BCUT2D eigenvalue weighted by Crippen LogP contribution is 2.26. The van der Waals surface area contributed by atoms with Crippen LogP contribution in [0.15, 0.2) is 0 Å². The maximum atomic E-state index is 12.7. The van der Waals surface area contributed by atoms with E-state index < -0.39 is 6.04 Å². The fourth-order valence-corrected chi connectivity index (χ4v) is 3.23. The summed E-state index contributed by atoms with van der Waals surface area (Å²) in [5.41, 5.74) is 0. The Morgan fingerprint density at radius 3 is 2.55 bits per heavy atom. The molecule has 1 N–H and O–H groups in total. The van der Waals surface area contributed by atoms with Gasteiger partial charge in [-0.05, 0) is 32.1 Å². The largest absolute Gasteiger partial charge is 0.376 e. The molecule has 4 unspecified atom stereocenters. The zero-order valence-corrected chi connectivity index (χ0v) is 12.9. The lowest BCUT2D eigenvalue weighted by Gasteiger charge is -2.44. The molecule has 4 atom stereocenters. The van der Waals surface area contributed by atoms with Crippen LogP contribution in [0.1, 0.15) is 47.0 Å². The Balaban J connectivity index is 2.23. The van der Waals surface area contributed by atoms with Crippen LogP contribution in [-0.2, 0) is 14.3 Å². The number of nitrogens with one attached hydrogen (secondary N) is 1. The molecule has 0 aliphatic carbocycles. The lowest BCUT2D eigenvalue weighted by Crippen LogP contribution is -2.67. The van der Waals surface area contributed by atoms with Gasteiger partial charge >= 0.3 is 0 Å². The molecule has 2 aliphatic rings. The number of carbonyl (C=O) groups excluding carboxylic acids is 2. The Hall–Kier alpha value is -1.10. The summed E-state index contributed by atoms with van der Waals surface area (Å²) in [7, 11) is 0. The Morgan fingerprint density at radius 2 is 2.05 bits per heavy atom. The minimum absolute atomic E-state index is 0.0318. The smallest absolute Gasteiger partial charge is 0.246 e. The molecule has 0 spiro atoms. The van der Waals surface area contributed by atoms with E-state index in [4.69, 9.17) is 4.74 Å². The van der Waals surface area contributed by atoms with Crippen LogP contribution in [0.3, 0.4) is 0 Å². The Morgan fingerprint density at radius 1 is 1.35 bits per heavy atom. The van der Waals surface area contributed by atoms with Crippen molar-refractivity contribution in [2.45, 2.75) is 71.2 Å². The number of hydrogen-bond acceptors (Lipinski definition) is 3. The van der Waals surface area contributed by atoms with Crippen LogP contribution < -0.4 is 5.32 Å². The van der Waals surface area contributed by atoms with Crippen LogP contribution in [0.2, 0.25) is 0 Å². The lowest BCUT2D eigenvalue weighted by molar-refractivity contribution is -0.156. The van der Waals surface area contributed by atoms with Crippen LogP contribution in [0.4, 0.5) is 0 Å². The first-order chi connectivity index (χ1) is 9.47. The first-order valence-electron chi connectivity index (χ1n) is 7.71. The quantitative estimate of drug-likeness (QED) is 0.846. The van der Waals surface area contributed by atoms with Gasteiger partial charge in [0, 0.05) is 6.61 Å². The number of carbonyl (C=O) groups is 2. The van der Waals surface area contributed by atoms with Crippen molar-refractivity contribution >= 4 is 11.8 Å². The van der Waals surface area contributed by atoms with Crippen molar-refractivity contribution in [2.75, 3.05) is 6.61 Å². The van der Waals surface area contributed by atoms with Crippen molar-refractivity contribution < 1.29 is 14.3 Å². The van der Waals surface area contributed by atoms with Crippen molar-refractivity contribution in [3.05, 3.63) is 0 Å². The monoisotopic (exact) mass is 282 g/mol. The van der Waals surface area contributed by atoms with Crippen molar-refractivity contribution in [2.24, 2.45) is 5.92 Å². The first-order valence-corrected chi connectivity index (χ1v) is 7.71. The minimum atomic E-state index is -0.408. The number of ether oxygens (including phenoxy) is 1. The molecule has 0 aromatic carbocycles. The van der Waals surface area contributed by atoms with Gasteiger partial charge < -0.3 is 15.0 Å². The van der Waals surface area contributed by atoms with E-state index in [9.17, 15) is 9.59 Å². The molecule has 0 saturated carbocycles. The molecule has 0 aromatic rings. The minimum Gasteiger partial charge on any atom is -0.376 e. The number of rotatable bonds is 4. The van der Waals surface area contributed by atoms with Gasteiger partial charge in [0.2, 0.25) is 11.8 Å². The molecule has 0 bridgehead atoms. The van der Waals surface area contributed by atoms with E-state index in [1.54, 1.807) is 4.90 Å². The molecule has 114 valence electrons. The van der Waals surface area contributed by atoms with Gasteiger partial charge in [-0.3, -0.25) is 9.59 Å². The average Bonchev–Trinajstić information content (AvgIpc) is 2.93. The molecule has 2 heterocycles. The molecule has 2 amide bonds. The van der Waals surface area contributed by atoms with Crippen LogP contribution >= 0.6 is 0 Å². The highest BCUT2D eigenvalue weighted by atomic mass is 16.5. The Bertz CT molecular complexity index is 377. The molecule has 20 heavy (non-hydrogen) atoms. The highest BCUT2D eigenvalue weighted by Gasteiger charge is 2.45. The molecular formula is C15H26N2O3. The molecule has 2 rings (SSSR count). The molecule has 5 heteroatoms. The molecule has 2 saturated heterocycles. The van der Waals surface area contributed by atoms with E-state index in [0.717, 1.165) is 19.4 Å². The molecular weight excluding hydrogens is 256 g/mol. The predicted octanol–water partition coefficient (Wildman–Crippen LogP) is 1.32. The summed E-state index contributed by atoms with van der Waals surface area (Å²) in [6.45, 7) is 8.64. The number of amides is 2. The highest BCUT2D eigenvalue weighted by molar-refractivity contribution is 5.97. The summed E-state index contributed by atoms with van der Waals surface area (Å²) in [4.78, 5) is 26.8. The van der Waals surface area contributed by atoms with Crippen molar-refractivity contribution in [1.29, 1.82) is 0 Å². The maximum Gasteiger partial charge on any atom is 0.246 e. The van der Waals surface area contributed by atoms with Crippen molar-refractivity contribution in [1.82, 2.24) is 10.2 Å².